The summed E-state index contributed by atoms with van der Waals surface area (Å²) in [4.78, 5) is 27.9. The van der Waals surface area contributed by atoms with Gasteiger partial charge in [-0.05, 0) is 18.2 Å². The van der Waals surface area contributed by atoms with Crippen LogP contribution in [0.2, 0.25) is 5.02 Å². The van der Waals surface area contributed by atoms with Crippen LogP contribution in [0.1, 0.15) is 0 Å². The van der Waals surface area contributed by atoms with Crippen LogP contribution in [-0.2, 0) is 4.79 Å². The normalized spacial score (nSPS) is 17.2. The molecule has 1 amide bonds. The van der Waals surface area contributed by atoms with Gasteiger partial charge in [-0.3, -0.25) is 4.79 Å². The van der Waals surface area contributed by atoms with E-state index >= 15 is 0 Å². The van der Waals surface area contributed by atoms with Crippen molar-refractivity contribution in [2.45, 2.75) is 0 Å². The lowest BCUT2D eigenvalue weighted by atomic mass is 9.98. The molecule has 0 saturated carbocycles. The highest BCUT2D eigenvalue weighted by Crippen LogP contribution is 2.28. The molecule has 8 nitrogen and oxygen atoms in total. The van der Waals surface area contributed by atoms with Gasteiger partial charge in [0.1, 0.15) is 12.1 Å². The van der Waals surface area contributed by atoms with Crippen LogP contribution in [0.25, 0.3) is 5.82 Å². The minimum absolute atomic E-state index is 0.0139. The Morgan fingerprint density at radius 2 is 1.73 bits per heavy atom. The van der Waals surface area contributed by atoms with E-state index in [0.717, 1.165) is 48.5 Å². The maximum atomic E-state index is 12.9. The second-order valence-corrected chi connectivity index (χ2v) is 7.96. The Kier molecular flexibility index (Phi) is 5.00. The summed E-state index contributed by atoms with van der Waals surface area (Å²) in [6, 6.07) is 11.6. The lowest BCUT2D eigenvalue weighted by Crippen LogP contribution is -2.58. The molecule has 30 heavy (non-hydrogen) atoms. The van der Waals surface area contributed by atoms with Crippen molar-refractivity contribution >= 4 is 29.0 Å². The van der Waals surface area contributed by atoms with E-state index in [0.29, 0.717) is 13.1 Å². The number of halogens is 1. The van der Waals surface area contributed by atoms with E-state index in [1.165, 1.54) is 6.33 Å². The topological polar surface area (TPSA) is 70.4 Å². The van der Waals surface area contributed by atoms with Crippen LogP contribution in [0.3, 0.4) is 0 Å². The van der Waals surface area contributed by atoms with Gasteiger partial charge in [-0.1, -0.05) is 23.7 Å². The first-order valence-electron chi connectivity index (χ1n) is 10.0. The maximum Gasteiger partial charge on any atom is 0.229 e. The smallest absolute Gasteiger partial charge is 0.229 e. The molecule has 0 aliphatic carbocycles. The van der Waals surface area contributed by atoms with Gasteiger partial charge in [-0.25, -0.2) is 14.6 Å². The summed E-state index contributed by atoms with van der Waals surface area (Å²) >= 11 is 6.31. The van der Waals surface area contributed by atoms with Crippen molar-refractivity contribution in [3.05, 3.63) is 60.1 Å². The lowest BCUT2D eigenvalue weighted by molar-refractivity contribution is -0.136. The summed E-state index contributed by atoms with van der Waals surface area (Å²) in [5, 5.41) is 4.96. The number of rotatable bonds is 4. The zero-order valence-corrected chi connectivity index (χ0v) is 17.2. The summed E-state index contributed by atoms with van der Waals surface area (Å²) < 4.78 is 1.70. The number of nitrogens with zero attached hydrogens (tertiary/aromatic N) is 7. The molecule has 0 spiro atoms. The van der Waals surface area contributed by atoms with Crippen LogP contribution in [-0.4, -0.2) is 69.8 Å². The van der Waals surface area contributed by atoms with E-state index in [-0.39, 0.29) is 11.8 Å². The van der Waals surface area contributed by atoms with Gasteiger partial charge >= 0.3 is 0 Å². The molecule has 0 atom stereocenters. The third-order valence-corrected chi connectivity index (χ3v) is 6.04. The number of amides is 1. The minimum atomic E-state index is 0.0139. The number of carbonyl (C=O) groups is 1. The van der Waals surface area contributed by atoms with Gasteiger partial charge < -0.3 is 14.7 Å². The Bertz CT molecular complexity index is 1030. The number of para-hydroxylation sites is 1. The van der Waals surface area contributed by atoms with E-state index in [4.69, 9.17) is 11.6 Å². The SMILES string of the molecule is O=C(C1CN(c2cc(-n3cccn3)ncn2)C1)N1CCN(c2ccccc2Cl)CC1. The van der Waals surface area contributed by atoms with Crippen molar-refractivity contribution in [1.82, 2.24) is 24.6 Å². The van der Waals surface area contributed by atoms with E-state index in [1.807, 2.05) is 47.5 Å². The van der Waals surface area contributed by atoms with Gasteiger partial charge in [0.15, 0.2) is 5.82 Å². The first kappa shape index (κ1) is 18.9. The summed E-state index contributed by atoms with van der Waals surface area (Å²) in [5.74, 6) is 1.78. The van der Waals surface area contributed by atoms with Gasteiger partial charge in [0.2, 0.25) is 5.91 Å². The van der Waals surface area contributed by atoms with Gasteiger partial charge in [0, 0.05) is 57.7 Å². The van der Waals surface area contributed by atoms with Crippen LogP contribution >= 0.6 is 11.6 Å². The van der Waals surface area contributed by atoms with Crippen molar-refractivity contribution in [2.24, 2.45) is 5.92 Å². The van der Waals surface area contributed by atoms with E-state index in [9.17, 15) is 4.79 Å². The molecule has 2 aliphatic heterocycles. The highest BCUT2D eigenvalue weighted by Gasteiger charge is 2.37. The standard InChI is InChI=1S/C21H22ClN7O/c22-17-4-1-2-5-18(17)26-8-10-27(11-9-26)21(30)16-13-28(14-16)19-12-20(24-15-23-19)29-7-3-6-25-29/h1-7,12,15-16H,8-11,13-14H2. The summed E-state index contributed by atoms with van der Waals surface area (Å²) in [6.07, 6.45) is 5.10. The molecule has 4 heterocycles. The monoisotopic (exact) mass is 423 g/mol. The number of anilines is 2. The third kappa shape index (κ3) is 3.59. The minimum Gasteiger partial charge on any atom is -0.367 e. The molecule has 3 aromatic rings. The number of hydrogen-bond donors (Lipinski definition) is 0. The average Bonchev–Trinajstić information content (AvgIpc) is 3.28. The highest BCUT2D eigenvalue weighted by atomic mass is 35.5. The Morgan fingerprint density at radius 1 is 0.967 bits per heavy atom. The average molecular weight is 424 g/mol. The lowest BCUT2D eigenvalue weighted by Gasteiger charge is -2.43. The molecule has 2 saturated heterocycles. The van der Waals surface area contributed by atoms with Gasteiger partial charge in [-0.2, -0.15) is 5.10 Å². The number of piperazine rings is 1. The first-order chi connectivity index (χ1) is 14.7. The number of hydrogen-bond acceptors (Lipinski definition) is 6. The van der Waals surface area contributed by atoms with Crippen molar-refractivity contribution in [2.75, 3.05) is 49.1 Å². The highest BCUT2D eigenvalue weighted by molar-refractivity contribution is 6.33. The molecule has 0 radical (unpaired) electrons. The van der Waals surface area contributed by atoms with E-state index < -0.39 is 0 Å². The fourth-order valence-corrected chi connectivity index (χ4v) is 4.25. The van der Waals surface area contributed by atoms with Crippen LogP contribution < -0.4 is 9.80 Å². The largest absolute Gasteiger partial charge is 0.367 e. The van der Waals surface area contributed by atoms with Crippen LogP contribution in [0.15, 0.2) is 55.1 Å². The van der Waals surface area contributed by atoms with Crippen LogP contribution in [0, 0.1) is 5.92 Å². The van der Waals surface area contributed by atoms with E-state index in [1.54, 1.807) is 10.9 Å². The van der Waals surface area contributed by atoms with Gasteiger partial charge in [0.05, 0.1) is 16.6 Å². The molecule has 0 N–H and O–H groups in total. The molecule has 5 rings (SSSR count). The molecule has 2 aromatic heterocycles. The summed E-state index contributed by atoms with van der Waals surface area (Å²) in [5.41, 5.74) is 1.04. The maximum absolute atomic E-state index is 12.9. The Labute approximate surface area is 179 Å². The van der Waals surface area contributed by atoms with Gasteiger partial charge in [-0.15, -0.1) is 0 Å². The second-order valence-electron chi connectivity index (χ2n) is 7.55. The van der Waals surface area contributed by atoms with Gasteiger partial charge in [0.25, 0.3) is 0 Å². The molecule has 0 unspecified atom stereocenters. The quantitative estimate of drug-likeness (QED) is 0.640. The first-order valence-corrected chi connectivity index (χ1v) is 10.4. The molecule has 154 valence electrons. The molecule has 9 heteroatoms. The summed E-state index contributed by atoms with van der Waals surface area (Å²) in [7, 11) is 0. The van der Waals surface area contributed by atoms with Crippen molar-refractivity contribution in [3.8, 4) is 5.82 Å². The third-order valence-electron chi connectivity index (χ3n) is 5.72. The molecule has 2 fully saturated rings. The molecular formula is C21H22ClN7O. The molecule has 1 aromatic carbocycles. The predicted octanol–water partition coefficient (Wildman–Crippen LogP) is 2.10. The summed E-state index contributed by atoms with van der Waals surface area (Å²) in [6.45, 7) is 4.39. The van der Waals surface area contributed by atoms with Crippen molar-refractivity contribution in [3.63, 3.8) is 0 Å². The molecule has 2 aliphatic rings. The zero-order valence-electron chi connectivity index (χ0n) is 16.4. The molecular weight excluding hydrogens is 402 g/mol. The zero-order chi connectivity index (χ0) is 20.5. The molecule has 0 bridgehead atoms. The Morgan fingerprint density at radius 3 is 2.47 bits per heavy atom. The predicted molar refractivity (Wildman–Crippen MR) is 115 cm³/mol. The van der Waals surface area contributed by atoms with Crippen LogP contribution in [0.4, 0.5) is 11.5 Å². The number of carbonyl (C=O) groups excluding carboxylic acids is 1. The Hall–Kier alpha value is -3.13. The van der Waals surface area contributed by atoms with Crippen LogP contribution in [0.5, 0.6) is 0 Å². The fourth-order valence-electron chi connectivity index (χ4n) is 4.00. The second kappa shape index (κ2) is 7.95. The fraction of sp³-hybridized carbons (Fsp3) is 0.333. The number of aromatic nitrogens is 4. The van der Waals surface area contributed by atoms with Crippen molar-refractivity contribution in [1.29, 1.82) is 0 Å². The van der Waals surface area contributed by atoms with Crippen molar-refractivity contribution < 1.29 is 4.79 Å². The Balaban J connectivity index is 1.16. The van der Waals surface area contributed by atoms with E-state index in [2.05, 4.69) is 24.9 Å². The number of benzene rings is 1.